The predicted octanol–water partition coefficient (Wildman–Crippen LogP) is 1.50. The van der Waals surface area contributed by atoms with Crippen molar-refractivity contribution in [3.8, 4) is 0 Å². The van der Waals surface area contributed by atoms with Gasteiger partial charge in [0.1, 0.15) is 12.2 Å². The summed E-state index contributed by atoms with van der Waals surface area (Å²) in [6.07, 6.45) is 2.92. The summed E-state index contributed by atoms with van der Waals surface area (Å²) in [7, 11) is 0. The molecule has 0 N–H and O–H groups in total. The van der Waals surface area contributed by atoms with Crippen LogP contribution in [0.15, 0.2) is 6.33 Å². The molecule has 0 spiro atoms. The maximum atomic E-state index is 4.07. The summed E-state index contributed by atoms with van der Waals surface area (Å²) in [5.74, 6) is 1.87. The van der Waals surface area contributed by atoms with Gasteiger partial charge >= 0.3 is 0 Å². The fourth-order valence-corrected chi connectivity index (χ4v) is 1.69. The van der Waals surface area contributed by atoms with Crippen molar-refractivity contribution in [1.29, 1.82) is 0 Å². The first-order valence-electron chi connectivity index (χ1n) is 4.44. The number of aromatic nitrogens is 3. The summed E-state index contributed by atoms with van der Waals surface area (Å²) in [6.45, 7) is 7.96. The molecule has 0 aliphatic carbocycles. The molecule has 0 aromatic carbocycles. The van der Waals surface area contributed by atoms with Crippen molar-refractivity contribution >= 4 is 0 Å². The fraction of sp³-hybridized carbons (Fsp3) is 0.778. The van der Waals surface area contributed by atoms with Gasteiger partial charge in [-0.2, -0.15) is 0 Å². The topological polar surface area (TPSA) is 30.7 Å². The summed E-state index contributed by atoms with van der Waals surface area (Å²) in [4.78, 5) is 0. The lowest BCUT2D eigenvalue weighted by Crippen LogP contribution is -2.21. The van der Waals surface area contributed by atoms with Crippen LogP contribution < -0.4 is 0 Å². The van der Waals surface area contributed by atoms with Crippen LogP contribution in [0.4, 0.5) is 0 Å². The SMILES string of the molecule is CC(C)(C)C1Cc2nncn2C1. The molecule has 1 aliphatic heterocycles. The number of hydrogen-bond acceptors (Lipinski definition) is 2. The molecule has 0 fully saturated rings. The second kappa shape index (κ2) is 2.31. The van der Waals surface area contributed by atoms with Gasteiger partial charge in [0.05, 0.1) is 0 Å². The van der Waals surface area contributed by atoms with Crippen LogP contribution in [0, 0.1) is 11.3 Å². The second-order valence-corrected chi connectivity index (χ2v) is 4.67. The van der Waals surface area contributed by atoms with E-state index in [9.17, 15) is 0 Å². The molecule has 1 unspecified atom stereocenters. The van der Waals surface area contributed by atoms with E-state index in [-0.39, 0.29) is 0 Å². The van der Waals surface area contributed by atoms with E-state index in [1.165, 1.54) is 0 Å². The average Bonchev–Trinajstić information content (AvgIpc) is 2.37. The average molecular weight is 165 g/mol. The van der Waals surface area contributed by atoms with E-state index < -0.39 is 0 Å². The number of nitrogens with zero attached hydrogens (tertiary/aromatic N) is 3. The van der Waals surface area contributed by atoms with Crippen LogP contribution in [0.2, 0.25) is 0 Å². The highest BCUT2D eigenvalue weighted by Crippen LogP contribution is 2.33. The van der Waals surface area contributed by atoms with E-state index in [0.29, 0.717) is 5.41 Å². The third-order valence-electron chi connectivity index (χ3n) is 2.77. The Labute approximate surface area is 72.8 Å². The van der Waals surface area contributed by atoms with Gasteiger partial charge in [0.25, 0.3) is 0 Å². The Morgan fingerprint density at radius 3 is 2.83 bits per heavy atom. The summed E-state index contributed by atoms with van der Waals surface area (Å²) in [6, 6.07) is 0. The van der Waals surface area contributed by atoms with E-state index in [1.807, 2.05) is 6.33 Å². The Morgan fingerprint density at radius 2 is 2.25 bits per heavy atom. The molecule has 1 aliphatic rings. The minimum atomic E-state index is 0.390. The molecule has 1 aromatic heterocycles. The van der Waals surface area contributed by atoms with Crippen molar-refractivity contribution < 1.29 is 0 Å². The quantitative estimate of drug-likeness (QED) is 0.583. The molecule has 0 saturated carbocycles. The Balaban J connectivity index is 2.18. The third-order valence-corrected chi connectivity index (χ3v) is 2.77. The zero-order valence-corrected chi connectivity index (χ0v) is 7.91. The highest BCUT2D eigenvalue weighted by molar-refractivity contribution is 4.98. The summed E-state index contributed by atoms with van der Waals surface area (Å²) in [5, 5.41) is 7.95. The predicted molar refractivity (Wildman–Crippen MR) is 46.7 cm³/mol. The molecule has 66 valence electrons. The van der Waals surface area contributed by atoms with E-state index in [2.05, 4.69) is 35.5 Å². The first-order valence-corrected chi connectivity index (χ1v) is 4.44. The Bertz CT molecular complexity index is 262. The van der Waals surface area contributed by atoms with Crippen LogP contribution in [0.3, 0.4) is 0 Å². The monoisotopic (exact) mass is 165 g/mol. The minimum Gasteiger partial charge on any atom is -0.317 e. The molecule has 1 atom stereocenters. The van der Waals surface area contributed by atoms with Gasteiger partial charge in [0.2, 0.25) is 0 Å². The molecule has 0 radical (unpaired) electrons. The van der Waals surface area contributed by atoms with Gasteiger partial charge in [-0.15, -0.1) is 10.2 Å². The smallest absolute Gasteiger partial charge is 0.133 e. The molecular formula is C9H15N3. The molecule has 2 heterocycles. The first-order chi connectivity index (χ1) is 5.57. The first kappa shape index (κ1) is 7.77. The highest BCUT2D eigenvalue weighted by atomic mass is 15.3. The van der Waals surface area contributed by atoms with Crippen LogP contribution in [0.25, 0.3) is 0 Å². The molecule has 2 rings (SSSR count). The number of fused-ring (bicyclic) bond motifs is 1. The molecule has 3 heteroatoms. The number of rotatable bonds is 0. The van der Waals surface area contributed by atoms with Crippen molar-refractivity contribution in [3.05, 3.63) is 12.2 Å². The molecule has 0 bridgehead atoms. The van der Waals surface area contributed by atoms with E-state index >= 15 is 0 Å². The van der Waals surface area contributed by atoms with Gasteiger partial charge in [-0.1, -0.05) is 20.8 Å². The summed E-state index contributed by atoms with van der Waals surface area (Å²) < 4.78 is 2.16. The molecule has 0 saturated heterocycles. The minimum absolute atomic E-state index is 0.390. The Kier molecular flexibility index (Phi) is 1.50. The summed E-state index contributed by atoms with van der Waals surface area (Å²) >= 11 is 0. The van der Waals surface area contributed by atoms with E-state index in [4.69, 9.17) is 0 Å². The molecule has 3 nitrogen and oxygen atoms in total. The van der Waals surface area contributed by atoms with E-state index in [1.54, 1.807) is 0 Å². The van der Waals surface area contributed by atoms with Crippen LogP contribution in [0.5, 0.6) is 0 Å². The van der Waals surface area contributed by atoms with Crippen molar-refractivity contribution in [3.63, 3.8) is 0 Å². The molecule has 12 heavy (non-hydrogen) atoms. The standard InChI is InChI=1S/C9H15N3/c1-9(2,3)7-4-8-11-10-6-12(8)5-7/h6-7H,4-5H2,1-3H3. The van der Waals surface area contributed by atoms with Gasteiger partial charge in [-0.25, -0.2) is 0 Å². The molecule has 1 aromatic rings. The van der Waals surface area contributed by atoms with Gasteiger partial charge in [-0.05, 0) is 11.3 Å². The van der Waals surface area contributed by atoms with E-state index in [0.717, 1.165) is 24.7 Å². The Morgan fingerprint density at radius 1 is 1.50 bits per heavy atom. The van der Waals surface area contributed by atoms with Crippen molar-refractivity contribution in [2.75, 3.05) is 0 Å². The zero-order valence-electron chi connectivity index (χ0n) is 7.91. The maximum Gasteiger partial charge on any atom is 0.133 e. The van der Waals surface area contributed by atoms with Crippen LogP contribution >= 0.6 is 0 Å². The van der Waals surface area contributed by atoms with Gasteiger partial charge < -0.3 is 4.57 Å². The van der Waals surface area contributed by atoms with Crippen molar-refractivity contribution in [1.82, 2.24) is 14.8 Å². The largest absolute Gasteiger partial charge is 0.317 e. The van der Waals surface area contributed by atoms with Gasteiger partial charge in [-0.3, -0.25) is 0 Å². The zero-order chi connectivity index (χ0) is 8.77. The molecular weight excluding hydrogens is 150 g/mol. The van der Waals surface area contributed by atoms with Crippen LogP contribution in [-0.4, -0.2) is 14.8 Å². The lowest BCUT2D eigenvalue weighted by Gasteiger charge is -2.25. The second-order valence-electron chi connectivity index (χ2n) is 4.67. The van der Waals surface area contributed by atoms with Crippen LogP contribution in [-0.2, 0) is 13.0 Å². The Hall–Kier alpha value is -0.860. The van der Waals surface area contributed by atoms with Gasteiger partial charge in [0.15, 0.2) is 0 Å². The van der Waals surface area contributed by atoms with Crippen LogP contribution in [0.1, 0.15) is 26.6 Å². The molecule has 0 amide bonds. The third kappa shape index (κ3) is 1.13. The fourth-order valence-electron chi connectivity index (χ4n) is 1.69. The number of hydrogen-bond donors (Lipinski definition) is 0. The lowest BCUT2D eigenvalue weighted by molar-refractivity contribution is 0.236. The lowest BCUT2D eigenvalue weighted by atomic mass is 9.80. The van der Waals surface area contributed by atoms with Crippen molar-refractivity contribution in [2.45, 2.75) is 33.7 Å². The van der Waals surface area contributed by atoms with Gasteiger partial charge in [0, 0.05) is 13.0 Å². The highest BCUT2D eigenvalue weighted by Gasteiger charge is 2.31. The van der Waals surface area contributed by atoms with Crippen molar-refractivity contribution in [2.24, 2.45) is 11.3 Å². The summed E-state index contributed by atoms with van der Waals surface area (Å²) in [5.41, 5.74) is 0.390. The maximum absolute atomic E-state index is 4.07. The normalized spacial score (nSPS) is 22.8.